The van der Waals surface area contributed by atoms with Gasteiger partial charge in [-0.3, -0.25) is 4.79 Å². The smallest absolute Gasteiger partial charge is 0.226 e. The lowest BCUT2D eigenvalue weighted by Gasteiger charge is -2.23. The summed E-state index contributed by atoms with van der Waals surface area (Å²) in [6, 6.07) is 0. The number of rotatable bonds is 5. The Morgan fingerprint density at radius 2 is 2.24 bits per heavy atom. The summed E-state index contributed by atoms with van der Waals surface area (Å²) in [5.41, 5.74) is 0.302. The lowest BCUT2D eigenvalue weighted by Crippen LogP contribution is -2.34. The first-order chi connectivity index (χ1) is 9.73. The quantitative estimate of drug-likeness (QED) is 0.851. The zero-order valence-corrected chi connectivity index (χ0v) is 13.2. The van der Waals surface area contributed by atoms with Crippen LogP contribution >= 0.6 is 12.4 Å². The zero-order valence-electron chi connectivity index (χ0n) is 12.4. The summed E-state index contributed by atoms with van der Waals surface area (Å²) in [5.74, 6) is 1.75. The molecule has 2 fully saturated rings. The second kappa shape index (κ2) is 6.75. The van der Waals surface area contributed by atoms with Gasteiger partial charge in [0.2, 0.25) is 11.8 Å². The average Bonchev–Trinajstić information content (AvgIpc) is 2.97. The van der Waals surface area contributed by atoms with Gasteiger partial charge < -0.3 is 15.2 Å². The third kappa shape index (κ3) is 3.55. The van der Waals surface area contributed by atoms with Gasteiger partial charge in [-0.2, -0.15) is 4.98 Å². The maximum atomic E-state index is 12.1. The predicted octanol–water partition coefficient (Wildman–Crippen LogP) is 1.10. The molecule has 1 saturated heterocycles. The van der Waals surface area contributed by atoms with Crippen LogP contribution in [0.3, 0.4) is 0 Å². The standard InChI is InChI=1S/C14H22N4O2.ClH/c1-2-12-17-11(18-20-12)3-6-16-13(19)10-9-14(10)4-7-15-8-5-14;/h10,15H,2-9H2,1H3,(H,16,19);1H. The van der Waals surface area contributed by atoms with Crippen LogP contribution in [-0.2, 0) is 17.6 Å². The van der Waals surface area contributed by atoms with E-state index in [1.165, 1.54) is 0 Å². The fraction of sp³-hybridized carbons (Fsp3) is 0.786. The average molecular weight is 315 g/mol. The summed E-state index contributed by atoms with van der Waals surface area (Å²) in [7, 11) is 0. The molecule has 21 heavy (non-hydrogen) atoms. The van der Waals surface area contributed by atoms with Crippen LogP contribution in [-0.4, -0.2) is 35.7 Å². The summed E-state index contributed by atoms with van der Waals surface area (Å²) in [6.45, 7) is 4.66. The molecule has 0 aromatic carbocycles. The molecular weight excluding hydrogens is 292 g/mol. The van der Waals surface area contributed by atoms with Crippen molar-refractivity contribution in [1.82, 2.24) is 20.8 Å². The molecule has 2 heterocycles. The number of carbonyl (C=O) groups is 1. The van der Waals surface area contributed by atoms with Crippen LogP contribution in [0.15, 0.2) is 4.52 Å². The summed E-state index contributed by atoms with van der Waals surface area (Å²) in [5, 5.41) is 10.2. The van der Waals surface area contributed by atoms with Crippen LogP contribution in [0.25, 0.3) is 0 Å². The van der Waals surface area contributed by atoms with Crippen molar-refractivity contribution in [2.75, 3.05) is 19.6 Å². The molecule has 118 valence electrons. The molecule has 1 aromatic rings. The van der Waals surface area contributed by atoms with Gasteiger partial charge in [0.25, 0.3) is 0 Å². The van der Waals surface area contributed by atoms with E-state index in [0.717, 1.165) is 38.8 Å². The van der Waals surface area contributed by atoms with Crippen LogP contribution in [0, 0.1) is 11.3 Å². The maximum absolute atomic E-state index is 12.1. The SMILES string of the molecule is CCc1nc(CCNC(=O)C2CC23CCNCC3)no1.Cl. The maximum Gasteiger partial charge on any atom is 0.226 e. The molecule has 1 atom stereocenters. The Labute approximate surface area is 130 Å². The molecule has 1 aliphatic carbocycles. The number of aromatic nitrogens is 2. The van der Waals surface area contributed by atoms with Crippen LogP contribution in [0.2, 0.25) is 0 Å². The first-order valence-electron chi connectivity index (χ1n) is 7.53. The van der Waals surface area contributed by atoms with Crippen molar-refractivity contribution >= 4 is 18.3 Å². The van der Waals surface area contributed by atoms with E-state index >= 15 is 0 Å². The first-order valence-corrected chi connectivity index (χ1v) is 7.53. The van der Waals surface area contributed by atoms with E-state index in [1.54, 1.807) is 0 Å². The lowest BCUT2D eigenvalue weighted by molar-refractivity contribution is -0.123. The number of amides is 1. The largest absolute Gasteiger partial charge is 0.355 e. The van der Waals surface area contributed by atoms with Crippen LogP contribution < -0.4 is 10.6 Å². The molecule has 6 nitrogen and oxygen atoms in total. The summed E-state index contributed by atoms with van der Waals surface area (Å²) < 4.78 is 5.04. The Kier molecular flexibility index (Phi) is 5.22. The number of nitrogens with one attached hydrogen (secondary N) is 2. The molecule has 2 N–H and O–H groups in total. The molecule has 7 heteroatoms. The second-order valence-electron chi connectivity index (χ2n) is 5.87. The minimum atomic E-state index is 0. The molecule has 1 amide bonds. The van der Waals surface area contributed by atoms with E-state index in [9.17, 15) is 4.79 Å². The topological polar surface area (TPSA) is 80.0 Å². The molecular formula is C14H23ClN4O2. The Balaban J connectivity index is 0.00000161. The van der Waals surface area contributed by atoms with Gasteiger partial charge in [-0.15, -0.1) is 12.4 Å². The van der Waals surface area contributed by atoms with Crippen molar-refractivity contribution in [2.24, 2.45) is 11.3 Å². The van der Waals surface area contributed by atoms with Gasteiger partial charge >= 0.3 is 0 Å². The Morgan fingerprint density at radius 3 is 2.90 bits per heavy atom. The van der Waals surface area contributed by atoms with Crippen molar-refractivity contribution in [3.63, 3.8) is 0 Å². The first kappa shape index (κ1) is 16.2. The van der Waals surface area contributed by atoms with E-state index in [1.807, 2.05) is 6.92 Å². The van der Waals surface area contributed by atoms with Crippen LogP contribution in [0.4, 0.5) is 0 Å². The highest BCUT2D eigenvalue weighted by Crippen LogP contribution is 2.58. The van der Waals surface area contributed by atoms with Crippen molar-refractivity contribution in [2.45, 2.75) is 39.0 Å². The summed E-state index contributed by atoms with van der Waals surface area (Å²) >= 11 is 0. The molecule has 1 unspecified atom stereocenters. The molecule has 0 bridgehead atoms. The second-order valence-corrected chi connectivity index (χ2v) is 5.87. The Bertz CT molecular complexity index is 485. The minimum absolute atomic E-state index is 0. The highest BCUT2D eigenvalue weighted by atomic mass is 35.5. The van der Waals surface area contributed by atoms with Crippen molar-refractivity contribution < 1.29 is 9.32 Å². The van der Waals surface area contributed by atoms with Crippen LogP contribution in [0.5, 0.6) is 0 Å². The van der Waals surface area contributed by atoms with Gasteiger partial charge in [0.05, 0.1) is 0 Å². The molecule has 3 rings (SSSR count). The van der Waals surface area contributed by atoms with E-state index in [2.05, 4.69) is 20.8 Å². The van der Waals surface area contributed by atoms with Gasteiger partial charge in [-0.1, -0.05) is 12.1 Å². The van der Waals surface area contributed by atoms with Crippen molar-refractivity contribution in [3.05, 3.63) is 11.7 Å². The van der Waals surface area contributed by atoms with E-state index in [4.69, 9.17) is 4.52 Å². The number of hydrogen-bond donors (Lipinski definition) is 2. The molecule has 2 aliphatic rings. The number of carbonyl (C=O) groups excluding carboxylic acids is 1. The van der Waals surface area contributed by atoms with Gasteiger partial charge in [0.1, 0.15) is 0 Å². The van der Waals surface area contributed by atoms with Crippen molar-refractivity contribution in [1.29, 1.82) is 0 Å². The van der Waals surface area contributed by atoms with Gasteiger partial charge in [0, 0.05) is 25.3 Å². The number of halogens is 1. The fourth-order valence-electron chi connectivity index (χ4n) is 3.15. The number of nitrogens with zero attached hydrogens (tertiary/aromatic N) is 2. The molecule has 0 radical (unpaired) electrons. The predicted molar refractivity (Wildman–Crippen MR) is 80.3 cm³/mol. The summed E-state index contributed by atoms with van der Waals surface area (Å²) in [4.78, 5) is 16.4. The van der Waals surface area contributed by atoms with Crippen molar-refractivity contribution in [3.8, 4) is 0 Å². The Morgan fingerprint density at radius 1 is 1.48 bits per heavy atom. The van der Waals surface area contributed by atoms with Gasteiger partial charge in [-0.25, -0.2) is 0 Å². The summed E-state index contributed by atoms with van der Waals surface area (Å²) in [6.07, 6.45) is 4.71. The Hall–Kier alpha value is -1.14. The molecule has 1 aromatic heterocycles. The third-order valence-electron chi connectivity index (χ3n) is 4.57. The number of piperidine rings is 1. The van der Waals surface area contributed by atoms with E-state index in [0.29, 0.717) is 30.1 Å². The minimum Gasteiger partial charge on any atom is -0.355 e. The van der Waals surface area contributed by atoms with Crippen LogP contribution in [0.1, 0.15) is 37.9 Å². The van der Waals surface area contributed by atoms with E-state index < -0.39 is 0 Å². The van der Waals surface area contributed by atoms with Gasteiger partial charge in [-0.05, 0) is 37.8 Å². The monoisotopic (exact) mass is 314 g/mol. The number of aryl methyl sites for hydroxylation is 1. The fourth-order valence-corrected chi connectivity index (χ4v) is 3.15. The normalized spacial score (nSPS) is 22.6. The highest BCUT2D eigenvalue weighted by Gasteiger charge is 2.57. The van der Waals surface area contributed by atoms with Gasteiger partial charge in [0.15, 0.2) is 5.82 Å². The molecule has 1 aliphatic heterocycles. The molecule has 1 spiro atoms. The molecule has 1 saturated carbocycles. The highest BCUT2D eigenvalue weighted by molar-refractivity contribution is 5.85. The third-order valence-corrected chi connectivity index (χ3v) is 4.57. The lowest BCUT2D eigenvalue weighted by atomic mass is 9.92. The zero-order chi connectivity index (χ0) is 14.0. The van der Waals surface area contributed by atoms with E-state index in [-0.39, 0.29) is 24.2 Å². The number of hydrogen-bond acceptors (Lipinski definition) is 5.